The number of pyridine rings is 1. The van der Waals surface area contributed by atoms with Crippen molar-refractivity contribution in [3.05, 3.63) is 46.3 Å². The van der Waals surface area contributed by atoms with E-state index in [1.807, 2.05) is 6.20 Å². The molecule has 6 nitrogen and oxygen atoms in total. The van der Waals surface area contributed by atoms with Gasteiger partial charge in [0, 0.05) is 52.5 Å². The Kier molecular flexibility index (Phi) is 6.25. The number of likely N-dealkylation sites (N-methyl/N-ethyl adjacent to an activating group) is 1. The lowest BCUT2D eigenvalue weighted by Crippen LogP contribution is -2.44. The van der Waals surface area contributed by atoms with Crippen molar-refractivity contribution in [3.63, 3.8) is 0 Å². The molecule has 3 rings (SSSR count). The van der Waals surface area contributed by atoms with Crippen LogP contribution in [0.1, 0.15) is 11.1 Å². The second-order valence-electron chi connectivity index (χ2n) is 6.22. The van der Waals surface area contributed by atoms with E-state index in [9.17, 15) is 0 Å². The predicted octanol–water partition coefficient (Wildman–Crippen LogP) is 1.76. The van der Waals surface area contributed by atoms with Gasteiger partial charge in [0.1, 0.15) is 5.82 Å². The summed E-state index contributed by atoms with van der Waals surface area (Å²) in [4.78, 5) is 13.5. The van der Waals surface area contributed by atoms with Crippen LogP contribution in [0.15, 0.2) is 40.1 Å². The Morgan fingerprint density at radius 1 is 1.16 bits per heavy atom. The minimum Gasteiger partial charge on any atom is -0.354 e. The van der Waals surface area contributed by atoms with Gasteiger partial charge in [-0.05, 0) is 47.1 Å². The van der Waals surface area contributed by atoms with Gasteiger partial charge in [0.25, 0.3) is 0 Å². The minimum atomic E-state index is 0.729. The third-order valence-electron chi connectivity index (χ3n) is 4.36. The molecule has 0 unspecified atom stereocenters. The van der Waals surface area contributed by atoms with Crippen molar-refractivity contribution in [1.29, 1.82) is 0 Å². The lowest BCUT2D eigenvalue weighted by molar-refractivity contribution is 0.312. The lowest BCUT2D eigenvalue weighted by Gasteiger charge is -2.33. The van der Waals surface area contributed by atoms with Crippen LogP contribution in [0.3, 0.4) is 0 Å². The Balaban J connectivity index is 1.52. The maximum atomic E-state index is 4.54. The minimum absolute atomic E-state index is 0.729. The number of nitrogens with zero attached hydrogens (tertiary/aromatic N) is 4. The van der Waals surface area contributed by atoms with E-state index < -0.39 is 0 Å². The standard InChI is InChI=1S/C18H26N6S/c1-19-18(22-13-16-4-10-25-14-16)21-12-15-3-5-20-17(11-15)24-8-6-23(2)7-9-24/h3-5,10-11,14H,6-9,12-13H2,1-2H3,(H2,19,21,22). The fraction of sp³-hybridized carbons (Fsp3) is 0.444. The summed E-state index contributed by atoms with van der Waals surface area (Å²) in [5, 5.41) is 10.9. The Bertz CT molecular complexity index is 677. The van der Waals surface area contributed by atoms with Gasteiger partial charge in [-0.2, -0.15) is 11.3 Å². The number of aliphatic imine (C=N–C) groups is 1. The Hall–Kier alpha value is -2.12. The molecule has 0 saturated carbocycles. The third kappa shape index (κ3) is 5.17. The molecule has 0 bridgehead atoms. The van der Waals surface area contributed by atoms with Crippen LogP contribution in [0, 0.1) is 0 Å². The topological polar surface area (TPSA) is 55.8 Å². The van der Waals surface area contributed by atoms with Crippen LogP contribution in [0.2, 0.25) is 0 Å². The number of hydrogen-bond acceptors (Lipinski definition) is 5. The Morgan fingerprint density at radius 3 is 2.60 bits per heavy atom. The molecule has 1 aliphatic rings. The van der Waals surface area contributed by atoms with Gasteiger partial charge in [0.2, 0.25) is 0 Å². The van der Waals surface area contributed by atoms with Crippen molar-refractivity contribution in [1.82, 2.24) is 20.5 Å². The van der Waals surface area contributed by atoms with Crippen molar-refractivity contribution in [3.8, 4) is 0 Å². The first kappa shape index (κ1) is 17.7. The molecule has 0 amide bonds. The van der Waals surface area contributed by atoms with E-state index >= 15 is 0 Å². The number of aromatic nitrogens is 1. The average molecular weight is 359 g/mol. The molecule has 1 fully saturated rings. The second kappa shape index (κ2) is 8.82. The van der Waals surface area contributed by atoms with Crippen LogP contribution in [-0.4, -0.2) is 56.1 Å². The van der Waals surface area contributed by atoms with Crippen LogP contribution in [0.4, 0.5) is 5.82 Å². The molecule has 2 aromatic rings. The van der Waals surface area contributed by atoms with Gasteiger partial charge in [-0.25, -0.2) is 4.98 Å². The molecule has 0 atom stereocenters. The molecule has 25 heavy (non-hydrogen) atoms. The first-order valence-electron chi connectivity index (χ1n) is 8.58. The van der Waals surface area contributed by atoms with Crippen LogP contribution in [0.25, 0.3) is 0 Å². The fourth-order valence-corrected chi connectivity index (χ4v) is 3.43. The van der Waals surface area contributed by atoms with Crippen molar-refractivity contribution in [2.24, 2.45) is 4.99 Å². The maximum Gasteiger partial charge on any atom is 0.191 e. The molecule has 3 heterocycles. The summed E-state index contributed by atoms with van der Waals surface area (Å²) in [6, 6.07) is 6.35. The first-order valence-corrected chi connectivity index (χ1v) is 9.53. The van der Waals surface area contributed by atoms with Gasteiger partial charge in [-0.1, -0.05) is 0 Å². The average Bonchev–Trinajstić information content (AvgIpc) is 3.16. The van der Waals surface area contributed by atoms with E-state index in [0.29, 0.717) is 0 Å². The number of thiophene rings is 1. The van der Waals surface area contributed by atoms with Gasteiger partial charge in [-0.15, -0.1) is 0 Å². The zero-order chi connectivity index (χ0) is 17.5. The number of anilines is 1. The summed E-state index contributed by atoms with van der Waals surface area (Å²) in [5.74, 6) is 1.87. The Morgan fingerprint density at radius 2 is 1.92 bits per heavy atom. The van der Waals surface area contributed by atoms with E-state index in [-0.39, 0.29) is 0 Å². The molecule has 134 valence electrons. The highest BCUT2D eigenvalue weighted by Gasteiger charge is 2.15. The molecular formula is C18H26N6S. The predicted molar refractivity (Wildman–Crippen MR) is 105 cm³/mol. The summed E-state index contributed by atoms with van der Waals surface area (Å²) in [7, 11) is 3.96. The van der Waals surface area contributed by atoms with Crippen molar-refractivity contribution in [2.45, 2.75) is 13.1 Å². The molecular weight excluding hydrogens is 332 g/mol. The molecule has 0 aromatic carbocycles. The molecule has 2 N–H and O–H groups in total. The summed E-state index contributed by atoms with van der Waals surface area (Å²) >= 11 is 1.71. The number of guanidine groups is 1. The Labute approximate surface area is 153 Å². The van der Waals surface area contributed by atoms with E-state index in [1.54, 1.807) is 18.4 Å². The maximum absolute atomic E-state index is 4.54. The van der Waals surface area contributed by atoms with E-state index in [0.717, 1.165) is 51.0 Å². The monoisotopic (exact) mass is 358 g/mol. The zero-order valence-electron chi connectivity index (χ0n) is 14.9. The summed E-state index contributed by atoms with van der Waals surface area (Å²) in [6.07, 6.45) is 1.90. The summed E-state index contributed by atoms with van der Waals surface area (Å²) in [6.45, 7) is 5.75. The highest BCUT2D eigenvalue weighted by atomic mass is 32.1. The lowest BCUT2D eigenvalue weighted by atomic mass is 10.2. The van der Waals surface area contributed by atoms with E-state index in [4.69, 9.17) is 0 Å². The molecule has 2 aromatic heterocycles. The second-order valence-corrected chi connectivity index (χ2v) is 7.00. The molecule has 1 aliphatic heterocycles. The van der Waals surface area contributed by atoms with Gasteiger partial charge in [-0.3, -0.25) is 4.99 Å². The van der Waals surface area contributed by atoms with Crippen LogP contribution in [-0.2, 0) is 13.1 Å². The highest BCUT2D eigenvalue weighted by Crippen LogP contribution is 2.14. The van der Waals surface area contributed by atoms with Crippen molar-refractivity contribution < 1.29 is 0 Å². The molecule has 0 radical (unpaired) electrons. The highest BCUT2D eigenvalue weighted by molar-refractivity contribution is 7.07. The smallest absolute Gasteiger partial charge is 0.191 e. The van der Waals surface area contributed by atoms with Gasteiger partial charge >= 0.3 is 0 Å². The zero-order valence-corrected chi connectivity index (χ0v) is 15.7. The first-order chi connectivity index (χ1) is 12.2. The van der Waals surface area contributed by atoms with Crippen molar-refractivity contribution in [2.75, 3.05) is 45.2 Å². The molecule has 1 saturated heterocycles. The van der Waals surface area contributed by atoms with Gasteiger partial charge in [0.05, 0.1) is 0 Å². The molecule has 0 spiro atoms. The normalized spacial score (nSPS) is 16.1. The molecule has 7 heteroatoms. The van der Waals surface area contributed by atoms with Crippen LogP contribution < -0.4 is 15.5 Å². The van der Waals surface area contributed by atoms with Crippen LogP contribution in [0.5, 0.6) is 0 Å². The number of piperazine rings is 1. The fourth-order valence-electron chi connectivity index (χ4n) is 2.76. The quantitative estimate of drug-likeness (QED) is 0.630. The number of rotatable bonds is 5. The van der Waals surface area contributed by atoms with Gasteiger partial charge in [0.15, 0.2) is 5.96 Å². The van der Waals surface area contributed by atoms with Gasteiger partial charge < -0.3 is 20.4 Å². The SMILES string of the molecule is CN=C(NCc1ccsc1)NCc1ccnc(N2CCN(C)CC2)c1. The van der Waals surface area contributed by atoms with E-state index in [1.165, 1.54) is 11.1 Å². The summed E-state index contributed by atoms with van der Waals surface area (Å²) < 4.78 is 0. The third-order valence-corrected chi connectivity index (χ3v) is 5.09. The molecule has 0 aliphatic carbocycles. The largest absolute Gasteiger partial charge is 0.354 e. The van der Waals surface area contributed by atoms with E-state index in [2.05, 4.69) is 66.4 Å². The number of nitrogens with one attached hydrogen (secondary N) is 2. The van der Waals surface area contributed by atoms with Crippen molar-refractivity contribution >= 4 is 23.1 Å². The summed E-state index contributed by atoms with van der Waals surface area (Å²) in [5.41, 5.74) is 2.48. The number of hydrogen-bond donors (Lipinski definition) is 2. The van der Waals surface area contributed by atoms with Crippen LogP contribution >= 0.6 is 11.3 Å².